The summed E-state index contributed by atoms with van der Waals surface area (Å²) in [5.41, 5.74) is 1.38. The van der Waals surface area contributed by atoms with E-state index in [9.17, 15) is 17.6 Å². The summed E-state index contributed by atoms with van der Waals surface area (Å²) in [6.45, 7) is 4.23. The predicted octanol–water partition coefficient (Wildman–Crippen LogP) is 2.10. The average Bonchev–Trinajstić information content (AvgIpc) is 2.67. The molecule has 0 radical (unpaired) electrons. The summed E-state index contributed by atoms with van der Waals surface area (Å²) in [6.07, 6.45) is 0. The zero-order valence-electron chi connectivity index (χ0n) is 16.0. The van der Waals surface area contributed by atoms with Crippen LogP contribution < -0.4 is 4.31 Å². The number of sulfonamides is 1. The number of anilines is 1. The zero-order valence-corrected chi connectivity index (χ0v) is 16.8. The number of carbonyl (C=O) groups excluding carboxylic acids is 1. The molecule has 0 saturated carbocycles. The van der Waals surface area contributed by atoms with E-state index in [1.807, 2.05) is 14.0 Å². The molecule has 1 aliphatic heterocycles. The first-order valence-electron chi connectivity index (χ1n) is 9.08. The minimum Gasteiger partial charge on any atom is -0.339 e. The highest BCUT2D eigenvalue weighted by Crippen LogP contribution is 2.24. The van der Waals surface area contributed by atoms with Crippen LogP contribution in [-0.2, 0) is 14.8 Å². The molecule has 1 fully saturated rings. The molecule has 6 nitrogen and oxygen atoms in total. The summed E-state index contributed by atoms with van der Waals surface area (Å²) in [7, 11) is -2.03. The van der Waals surface area contributed by atoms with E-state index in [2.05, 4.69) is 4.90 Å². The molecule has 2 aromatic rings. The van der Waals surface area contributed by atoms with Gasteiger partial charge in [0.05, 0.1) is 10.6 Å². The molecule has 150 valence electrons. The first-order chi connectivity index (χ1) is 13.3. The Kier molecular flexibility index (Phi) is 6.00. The number of benzene rings is 2. The van der Waals surface area contributed by atoms with Gasteiger partial charge in [0.1, 0.15) is 12.4 Å². The van der Waals surface area contributed by atoms with Gasteiger partial charge < -0.3 is 9.80 Å². The summed E-state index contributed by atoms with van der Waals surface area (Å²) in [5, 5.41) is 0. The van der Waals surface area contributed by atoms with Crippen molar-refractivity contribution in [2.24, 2.45) is 0 Å². The number of halogens is 1. The van der Waals surface area contributed by atoms with Crippen LogP contribution in [0, 0.1) is 12.7 Å². The van der Waals surface area contributed by atoms with Gasteiger partial charge >= 0.3 is 0 Å². The molecule has 8 heteroatoms. The molecular weight excluding hydrogens is 381 g/mol. The maximum atomic E-state index is 13.3. The van der Waals surface area contributed by atoms with Crippen molar-refractivity contribution in [3.8, 4) is 0 Å². The van der Waals surface area contributed by atoms with E-state index in [1.165, 1.54) is 12.1 Å². The van der Waals surface area contributed by atoms with Gasteiger partial charge in [-0.05, 0) is 50.4 Å². The van der Waals surface area contributed by atoms with Crippen molar-refractivity contribution in [2.45, 2.75) is 11.8 Å². The van der Waals surface area contributed by atoms with Crippen LogP contribution >= 0.6 is 0 Å². The SMILES string of the molecule is Cc1ccc(N(CC(=O)N2CCN(C)CC2)S(=O)(=O)c2ccc(F)cc2)cc1. The Hall–Kier alpha value is -2.45. The number of carbonyl (C=O) groups is 1. The quantitative estimate of drug-likeness (QED) is 0.765. The van der Waals surface area contributed by atoms with E-state index >= 15 is 0 Å². The molecule has 0 atom stereocenters. The zero-order chi connectivity index (χ0) is 20.3. The molecule has 0 aromatic heterocycles. The van der Waals surface area contributed by atoms with Crippen molar-refractivity contribution >= 4 is 21.6 Å². The number of amides is 1. The van der Waals surface area contributed by atoms with Gasteiger partial charge in [-0.15, -0.1) is 0 Å². The number of nitrogens with zero attached hydrogens (tertiary/aromatic N) is 3. The maximum absolute atomic E-state index is 13.3. The van der Waals surface area contributed by atoms with Crippen molar-refractivity contribution in [3.63, 3.8) is 0 Å². The van der Waals surface area contributed by atoms with E-state index in [1.54, 1.807) is 29.2 Å². The molecule has 0 bridgehead atoms. The van der Waals surface area contributed by atoms with Crippen molar-refractivity contribution in [1.29, 1.82) is 0 Å². The highest BCUT2D eigenvalue weighted by atomic mass is 32.2. The average molecular weight is 405 g/mol. The molecule has 0 N–H and O–H groups in total. The molecule has 3 rings (SSSR count). The van der Waals surface area contributed by atoms with Crippen LogP contribution in [0.3, 0.4) is 0 Å². The fourth-order valence-corrected chi connectivity index (χ4v) is 4.45. The molecule has 0 unspecified atom stereocenters. The Morgan fingerprint density at radius 1 is 1.00 bits per heavy atom. The summed E-state index contributed by atoms with van der Waals surface area (Å²) in [6, 6.07) is 11.6. The van der Waals surface area contributed by atoms with Gasteiger partial charge in [-0.1, -0.05) is 17.7 Å². The lowest BCUT2D eigenvalue weighted by molar-refractivity contribution is -0.131. The van der Waals surface area contributed by atoms with E-state index in [0.29, 0.717) is 18.8 Å². The molecule has 0 spiro atoms. The molecule has 2 aromatic carbocycles. The summed E-state index contributed by atoms with van der Waals surface area (Å²) < 4.78 is 40.8. The lowest BCUT2D eigenvalue weighted by atomic mass is 10.2. The third kappa shape index (κ3) is 4.51. The number of hydrogen-bond donors (Lipinski definition) is 0. The van der Waals surface area contributed by atoms with E-state index < -0.39 is 15.8 Å². The van der Waals surface area contributed by atoms with Gasteiger partial charge in [0.25, 0.3) is 10.0 Å². The van der Waals surface area contributed by atoms with Crippen molar-refractivity contribution < 1.29 is 17.6 Å². The Bertz CT molecular complexity index is 922. The van der Waals surface area contributed by atoms with Crippen LogP contribution in [0.15, 0.2) is 53.4 Å². The van der Waals surface area contributed by atoms with Gasteiger partial charge in [-0.3, -0.25) is 9.10 Å². The Morgan fingerprint density at radius 3 is 2.14 bits per heavy atom. The van der Waals surface area contributed by atoms with Crippen LogP contribution in [0.1, 0.15) is 5.56 Å². The monoisotopic (exact) mass is 405 g/mol. The fraction of sp³-hybridized carbons (Fsp3) is 0.350. The number of hydrogen-bond acceptors (Lipinski definition) is 4. The highest BCUT2D eigenvalue weighted by Gasteiger charge is 2.29. The first kappa shape index (κ1) is 20.3. The fourth-order valence-electron chi connectivity index (χ4n) is 3.04. The smallest absolute Gasteiger partial charge is 0.264 e. The largest absolute Gasteiger partial charge is 0.339 e. The normalized spacial score (nSPS) is 15.5. The van der Waals surface area contributed by atoms with Crippen LogP contribution in [0.5, 0.6) is 0 Å². The van der Waals surface area contributed by atoms with Crippen molar-refractivity contribution in [2.75, 3.05) is 44.1 Å². The third-order valence-corrected chi connectivity index (χ3v) is 6.65. The van der Waals surface area contributed by atoms with Crippen molar-refractivity contribution in [1.82, 2.24) is 9.80 Å². The van der Waals surface area contributed by atoms with Gasteiger partial charge in [0.2, 0.25) is 5.91 Å². The van der Waals surface area contributed by atoms with Gasteiger partial charge in [0, 0.05) is 26.2 Å². The number of piperazine rings is 1. The Morgan fingerprint density at radius 2 is 1.57 bits per heavy atom. The van der Waals surface area contributed by atoms with E-state index in [0.717, 1.165) is 35.1 Å². The molecule has 1 amide bonds. The molecular formula is C20H24FN3O3S. The van der Waals surface area contributed by atoms with Gasteiger partial charge in [0.15, 0.2) is 0 Å². The summed E-state index contributed by atoms with van der Waals surface area (Å²) >= 11 is 0. The van der Waals surface area contributed by atoms with Crippen LogP contribution in [-0.4, -0.2) is 63.9 Å². The van der Waals surface area contributed by atoms with E-state index in [-0.39, 0.29) is 17.3 Å². The molecule has 1 heterocycles. The lowest BCUT2D eigenvalue weighted by Gasteiger charge is -2.34. The molecule has 1 aliphatic rings. The van der Waals surface area contributed by atoms with Gasteiger partial charge in [-0.2, -0.15) is 0 Å². The molecule has 0 aliphatic carbocycles. The third-order valence-electron chi connectivity index (χ3n) is 4.86. The summed E-state index contributed by atoms with van der Waals surface area (Å²) in [4.78, 5) is 16.6. The standard InChI is InChI=1S/C20H24FN3O3S/c1-16-3-7-18(8-4-16)24(15-20(25)23-13-11-22(2)12-14-23)28(26,27)19-9-5-17(21)6-10-19/h3-10H,11-15H2,1-2H3. The highest BCUT2D eigenvalue weighted by molar-refractivity contribution is 7.92. The predicted molar refractivity (Wildman–Crippen MR) is 106 cm³/mol. The second kappa shape index (κ2) is 8.28. The second-order valence-electron chi connectivity index (χ2n) is 6.99. The van der Waals surface area contributed by atoms with Crippen LogP contribution in [0.2, 0.25) is 0 Å². The number of rotatable bonds is 5. The van der Waals surface area contributed by atoms with Crippen molar-refractivity contribution in [3.05, 3.63) is 59.9 Å². The number of likely N-dealkylation sites (N-methyl/N-ethyl adjacent to an activating group) is 1. The maximum Gasteiger partial charge on any atom is 0.264 e. The summed E-state index contributed by atoms with van der Waals surface area (Å²) in [5.74, 6) is -0.770. The minimum absolute atomic E-state index is 0.0550. The van der Waals surface area contributed by atoms with E-state index in [4.69, 9.17) is 0 Å². The molecule has 1 saturated heterocycles. The Balaban J connectivity index is 1.92. The molecule has 28 heavy (non-hydrogen) atoms. The number of aryl methyl sites for hydroxylation is 1. The Labute approximate surface area is 165 Å². The van der Waals surface area contributed by atoms with Gasteiger partial charge in [-0.25, -0.2) is 12.8 Å². The minimum atomic E-state index is -4.02. The lowest BCUT2D eigenvalue weighted by Crippen LogP contribution is -2.50. The second-order valence-corrected chi connectivity index (χ2v) is 8.85. The first-order valence-corrected chi connectivity index (χ1v) is 10.5. The van der Waals surface area contributed by atoms with Crippen LogP contribution in [0.4, 0.5) is 10.1 Å². The topological polar surface area (TPSA) is 60.9 Å². The van der Waals surface area contributed by atoms with Crippen LogP contribution in [0.25, 0.3) is 0 Å².